The first-order chi connectivity index (χ1) is 33.5. The molecule has 6 rings (SSSR count). The number of benzene rings is 6. The quantitative estimate of drug-likeness (QED) is 0.0558. The second-order valence-electron chi connectivity index (χ2n) is 21.1. The third-order valence-corrected chi connectivity index (χ3v) is 13.8. The van der Waals surface area contributed by atoms with Crippen LogP contribution >= 0.6 is 0 Å². The molecule has 6 aromatic rings. The smallest absolute Gasteiger partial charge is 0.132 e. The van der Waals surface area contributed by atoms with Gasteiger partial charge in [-0.05, 0) is 105 Å². The Morgan fingerprint density at radius 1 is 0.514 bits per heavy atom. The van der Waals surface area contributed by atoms with Gasteiger partial charge < -0.3 is 25.0 Å². The molecule has 6 heteroatoms. The van der Waals surface area contributed by atoms with Crippen LogP contribution < -0.4 is 14.8 Å². The van der Waals surface area contributed by atoms with Crippen LogP contribution in [0.3, 0.4) is 0 Å². The van der Waals surface area contributed by atoms with Gasteiger partial charge in [0.05, 0.1) is 6.54 Å². The van der Waals surface area contributed by atoms with Gasteiger partial charge in [0.25, 0.3) is 0 Å². The molecule has 372 valence electrons. The van der Waals surface area contributed by atoms with Gasteiger partial charge in [-0.25, -0.2) is 0 Å². The molecule has 0 radical (unpaired) electrons. The maximum Gasteiger partial charge on any atom is 0.132 e. The predicted octanol–water partition coefficient (Wildman–Crippen LogP) is 17.1. The van der Waals surface area contributed by atoms with Crippen molar-refractivity contribution in [1.29, 1.82) is 0 Å². The highest BCUT2D eigenvalue weighted by Crippen LogP contribution is 2.41. The van der Waals surface area contributed by atoms with Gasteiger partial charge in [0, 0.05) is 52.2 Å². The largest absolute Gasteiger partial charge is 0.507 e. The molecule has 0 unspecified atom stereocenters. The Morgan fingerprint density at radius 2 is 0.943 bits per heavy atom. The molecule has 0 aromatic heterocycles. The number of phenols is 2. The Morgan fingerprint density at radius 3 is 1.39 bits per heavy atom. The summed E-state index contributed by atoms with van der Waals surface area (Å²) in [6.45, 7) is 31.2. The SMILES string of the molecule is CCCC[C@@H](CN=Cc1cccc(-c2ccccc2OCc2c(C(C)C)cc(C(C)C)cc2C(C)C)c1O)NCc1cccc(-c2ccccc2OCc2c(C(C)C)cc(C(C)C)cc2C(C)C)c1O. The van der Waals surface area contributed by atoms with Crippen molar-refractivity contribution in [3.8, 4) is 45.3 Å². The average Bonchev–Trinajstić information content (AvgIpc) is 3.33. The fourth-order valence-corrected chi connectivity index (χ4v) is 9.55. The number of hydrogen-bond donors (Lipinski definition) is 3. The molecule has 0 fully saturated rings. The molecule has 6 nitrogen and oxygen atoms in total. The summed E-state index contributed by atoms with van der Waals surface area (Å²) >= 11 is 0. The Kier molecular flexibility index (Phi) is 19.0. The van der Waals surface area contributed by atoms with Crippen LogP contribution in [0, 0.1) is 0 Å². The number of aromatic hydroxyl groups is 2. The molecule has 70 heavy (non-hydrogen) atoms. The molecular weight excluding hydrogens is 861 g/mol. The fraction of sp³-hybridized carbons (Fsp3) is 0.422. The van der Waals surface area contributed by atoms with Gasteiger partial charge in [-0.15, -0.1) is 0 Å². The molecule has 0 aliphatic heterocycles. The van der Waals surface area contributed by atoms with Crippen molar-refractivity contribution in [2.45, 2.75) is 171 Å². The summed E-state index contributed by atoms with van der Waals surface area (Å²) in [5, 5.41) is 27.4. The van der Waals surface area contributed by atoms with Crippen molar-refractivity contribution >= 4 is 6.21 Å². The monoisotopic (exact) mass is 943 g/mol. The summed E-state index contributed by atoms with van der Waals surface area (Å²) in [6.07, 6.45) is 4.81. The van der Waals surface area contributed by atoms with Crippen LogP contribution in [0.15, 0.2) is 114 Å². The van der Waals surface area contributed by atoms with E-state index in [0.29, 0.717) is 72.9 Å². The summed E-state index contributed by atoms with van der Waals surface area (Å²) in [7, 11) is 0. The number of para-hydroxylation sites is 4. The topological polar surface area (TPSA) is 83.3 Å². The van der Waals surface area contributed by atoms with Gasteiger partial charge in [0.2, 0.25) is 0 Å². The summed E-state index contributed by atoms with van der Waals surface area (Å²) in [5.41, 5.74) is 15.2. The maximum atomic E-state index is 11.9. The predicted molar refractivity (Wildman–Crippen MR) is 296 cm³/mol. The van der Waals surface area contributed by atoms with Gasteiger partial charge in [0.1, 0.15) is 36.2 Å². The fourth-order valence-electron chi connectivity index (χ4n) is 9.55. The summed E-state index contributed by atoms with van der Waals surface area (Å²) < 4.78 is 13.4. The van der Waals surface area contributed by atoms with Crippen molar-refractivity contribution in [1.82, 2.24) is 5.32 Å². The van der Waals surface area contributed by atoms with Crippen molar-refractivity contribution in [2.24, 2.45) is 4.99 Å². The summed E-state index contributed by atoms with van der Waals surface area (Å²) in [5.74, 6) is 4.20. The van der Waals surface area contributed by atoms with Crippen molar-refractivity contribution < 1.29 is 19.7 Å². The van der Waals surface area contributed by atoms with E-state index < -0.39 is 0 Å². The Labute approximate surface area is 421 Å². The first-order valence-electron chi connectivity index (χ1n) is 26.1. The molecule has 0 amide bonds. The summed E-state index contributed by atoms with van der Waals surface area (Å²) in [6, 6.07) is 37.3. The molecule has 0 aliphatic carbocycles. The molecule has 6 aromatic carbocycles. The maximum absolute atomic E-state index is 11.9. The number of hydrogen-bond acceptors (Lipinski definition) is 6. The first-order valence-corrected chi connectivity index (χ1v) is 26.1. The molecule has 1 atom stereocenters. The molecule has 0 saturated carbocycles. The molecule has 0 saturated heterocycles. The average molecular weight is 943 g/mol. The van der Waals surface area contributed by atoms with E-state index in [4.69, 9.17) is 14.5 Å². The van der Waals surface area contributed by atoms with Crippen molar-refractivity contribution in [3.05, 3.63) is 165 Å². The van der Waals surface area contributed by atoms with E-state index in [0.717, 1.165) is 53.0 Å². The first kappa shape index (κ1) is 53.5. The van der Waals surface area contributed by atoms with Gasteiger partial charge in [0.15, 0.2) is 0 Å². The van der Waals surface area contributed by atoms with E-state index >= 15 is 0 Å². The Bertz CT molecular complexity index is 2630. The van der Waals surface area contributed by atoms with Crippen molar-refractivity contribution in [3.63, 3.8) is 0 Å². The number of nitrogens with one attached hydrogen (secondary N) is 1. The molecular formula is C64H82N2O4. The van der Waals surface area contributed by atoms with Gasteiger partial charge in [-0.2, -0.15) is 0 Å². The van der Waals surface area contributed by atoms with Gasteiger partial charge >= 0.3 is 0 Å². The standard InChI is InChI=1S/C64H82N2O4/c1-14-15-24-50(66-36-47-23-21-28-54(64(47)68)52-26-17-19-30-62(52)70-39-60-57(44(10)11)33-49(41(4)5)34-58(60)45(12)13)37-65-35-46-22-20-27-53(63(46)67)51-25-16-18-29-61(51)69-38-59-55(42(6)7)31-48(40(2)3)32-56(59)43(8)9/h16-23,25-35,40-45,50,66-68H,14-15,24,36-39H2,1-13H3/t50-/m0/s1. The van der Waals surface area contributed by atoms with E-state index in [1.54, 1.807) is 6.21 Å². The number of nitrogens with zero attached hydrogens (tertiary/aromatic N) is 1. The van der Waals surface area contributed by atoms with E-state index in [2.05, 4.69) is 120 Å². The van der Waals surface area contributed by atoms with Crippen LogP contribution in [0.5, 0.6) is 23.0 Å². The lowest BCUT2D eigenvalue weighted by Gasteiger charge is -2.23. The molecule has 0 bridgehead atoms. The highest BCUT2D eigenvalue weighted by Gasteiger charge is 2.22. The van der Waals surface area contributed by atoms with Gasteiger partial charge in [-0.1, -0.05) is 194 Å². The third-order valence-electron chi connectivity index (χ3n) is 13.8. The lowest BCUT2D eigenvalue weighted by atomic mass is 9.85. The molecule has 0 heterocycles. The van der Waals surface area contributed by atoms with Crippen LogP contribution in [-0.2, 0) is 19.8 Å². The lowest BCUT2D eigenvalue weighted by Crippen LogP contribution is -2.31. The summed E-state index contributed by atoms with van der Waals surface area (Å²) in [4.78, 5) is 4.91. The lowest BCUT2D eigenvalue weighted by molar-refractivity contribution is 0.303. The minimum Gasteiger partial charge on any atom is -0.507 e. The number of unbranched alkanes of at least 4 members (excludes halogenated alkanes) is 1. The Hall–Kier alpha value is -5.85. The molecule has 3 N–H and O–H groups in total. The Balaban J connectivity index is 1.18. The molecule has 0 spiro atoms. The number of ether oxygens (including phenoxy) is 2. The van der Waals surface area contributed by atoms with Crippen LogP contribution in [0.1, 0.15) is 200 Å². The van der Waals surface area contributed by atoms with E-state index in [-0.39, 0.29) is 17.5 Å². The van der Waals surface area contributed by atoms with Crippen LogP contribution in [-0.4, -0.2) is 29.0 Å². The number of aliphatic imine (C=N–C) groups is 1. The third kappa shape index (κ3) is 13.1. The van der Waals surface area contributed by atoms with Crippen LogP contribution in [0.2, 0.25) is 0 Å². The van der Waals surface area contributed by atoms with E-state index in [1.165, 1.54) is 44.5 Å². The molecule has 0 aliphatic rings. The normalized spacial score (nSPS) is 12.4. The van der Waals surface area contributed by atoms with E-state index in [1.807, 2.05) is 84.9 Å². The minimum absolute atomic E-state index is 0.0581. The zero-order valence-corrected chi connectivity index (χ0v) is 44.6. The van der Waals surface area contributed by atoms with Gasteiger partial charge in [-0.3, -0.25) is 4.99 Å². The van der Waals surface area contributed by atoms with Crippen molar-refractivity contribution in [2.75, 3.05) is 6.54 Å². The second-order valence-corrected chi connectivity index (χ2v) is 21.1. The highest BCUT2D eigenvalue weighted by molar-refractivity contribution is 5.89. The van der Waals surface area contributed by atoms with Crippen LogP contribution in [0.4, 0.5) is 0 Å². The van der Waals surface area contributed by atoms with E-state index in [9.17, 15) is 10.2 Å². The zero-order chi connectivity index (χ0) is 50.6. The number of rotatable bonds is 23. The second kappa shape index (κ2) is 24.8. The number of phenolic OH excluding ortho intramolecular Hbond substituents is 2. The minimum atomic E-state index is 0.0581. The highest BCUT2D eigenvalue weighted by atomic mass is 16.5. The van der Waals surface area contributed by atoms with Crippen LogP contribution in [0.25, 0.3) is 22.3 Å². The zero-order valence-electron chi connectivity index (χ0n) is 44.6.